The molecule has 0 aliphatic rings. The fraction of sp³-hybridized carbons (Fsp3) is 0.714. The highest BCUT2D eigenvalue weighted by atomic mass is 127. The van der Waals surface area contributed by atoms with Gasteiger partial charge in [0.1, 0.15) is 0 Å². The lowest BCUT2D eigenvalue weighted by Crippen LogP contribution is -2.41. The molecule has 0 bridgehead atoms. The van der Waals surface area contributed by atoms with E-state index in [4.69, 9.17) is 0 Å². The van der Waals surface area contributed by atoms with Gasteiger partial charge in [-0.3, -0.25) is 10.1 Å². The van der Waals surface area contributed by atoms with Gasteiger partial charge in [-0.2, -0.15) is 0 Å². The summed E-state index contributed by atoms with van der Waals surface area (Å²) in [7, 11) is 0. The first kappa shape index (κ1) is 11.7. The monoisotopic (exact) mass is 284 g/mol. The van der Waals surface area contributed by atoms with Crippen molar-refractivity contribution in [3.05, 3.63) is 0 Å². The first-order valence-corrected chi connectivity index (χ1v) is 5.22. The molecule has 0 atom stereocenters. The van der Waals surface area contributed by atoms with Crippen LogP contribution in [0.3, 0.4) is 0 Å². The molecule has 0 aromatic heterocycles. The van der Waals surface area contributed by atoms with Gasteiger partial charge in [0.15, 0.2) is 0 Å². The van der Waals surface area contributed by atoms with Crippen molar-refractivity contribution < 1.29 is 9.59 Å². The van der Waals surface area contributed by atoms with Crippen LogP contribution in [0.4, 0.5) is 4.79 Å². The molecule has 4 nitrogen and oxygen atoms in total. The fourth-order valence-corrected chi connectivity index (χ4v) is 0.692. The fourth-order valence-electron chi connectivity index (χ4n) is 0.501. The molecular weight excluding hydrogens is 271 g/mol. The molecule has 0 aromatic rings. The summed E-state index contributed by atoms with van der Waals surface area (Å²) in [5.41, 5.74) is 0. The van der Waals surface area contributed by atoms with Gasteiger partial charge in [0.2, 0.25) is 5.91 Å². The maximum atomic E-state index is 10.9. The number of rotatable bonds is 3. The highest BCUT2D eigenvalue weighted by Gasteiger charge is 2.04. The highest BCUT2D eigenvalue weighted by molar-refractivity contribution is 14.1. The van der Waals surface area contributed by atoms with Crippen LogP contribution < -0.4 is 10.6 Å². The third kappa shape index (κ3) is 6.38. The third-order valence-corrected chi connectivity index (χ3v) is 1.74. The molecule has 0 unspecified atom stereocenters. The molecule has 0 fully saturated rings. The van der Waals surface area contributed by atoms with Gasteiger partial charge >= 0.3 is 6.03 Å². The molecule has 3 amide bonds. The van der Waals surface area contributed by atoms with E-state index < -0.39 is 6.03 Å². The molecule has 0 rings (SSSR count). The normalized spacial score (nSPS) is 9.67. The van der Waals surface area contributed by atoms with E-state index in [1.54, 1.807) is 0 Å². The second-order valence-corrected chi connectivity index (χ2v) is 3.55. The van der Waals surface area contributed by atoms with Gasteiger partial charge in [-0.15, -0.1) is 0 Å². The maximum Gasteiger partial charge on any atom is 0.321 e. The van der Waals surface area contributed by atoms with Crippen LogP contribution in [0.5, 0.6) is 0 Å². The molecule has 70 valence electrons. The Morgan fingerprint density at radius 2 is 2.00 bits per heavy atom. The number of carbonyl (C=O) groups is 2. The Hall–Kier alpha value is -0.330. The average Bonchev–Trinajstić information content (AvgIpc) is 2.00. The van der Waals surface area contributed by atoms with Crippen molar-refractivity contribution in [2.45, 2.75) is 13.8 Å². The van der Waals surface area contributed by atoms with Gasteiger partial charge in [-0.05, 0) is 5.92 Å². The Morgan fingerprint density at radius 1 is 1.42 bits per heavy atom. The number of imide groups is 1. The summed E-state index contributed by atoms with van der Waals surface area (Å²) < 4.78 is 0.298. The molecule has 5 heteroatoms. The zero-order valence-corrected chi connectivity index (χ0v) is 9.34. The summed E-state index contributed by atoms with van der Waals surface area (Å²) in [5, 5.41) is 4.76. The van der Waals surface area contributed by atoms with E-state index >= 15 is 0 Å². The van der Waals surface area contributed by atoms with Crippen molar-refractivity contribution in [1.29, 1.82) is 0 Å². The standard InChI is InChI=1S/C7H13IN2O2/c1-5(2)4-9-7(12)10-6(11)3-8/h5H,3-4H2,1-2H3,(H2,9,10,11,12). The van der Waals surface area contributed by atoms with Gasteiger partial charge in [-0.25, -0.2) is 4.79 Å². The zero-order chi connectivity index (χ0) is 9.56. The molecule has 0 aromatic carbocycles. The van der Waals surface area contributed by atoms with Gasteiger partial charge < -0.3 is 5.32 Å². The highest BCUT2D eigenvalue weighted by Crippen LogP contribution is 1.86. The van der Waals surface area contributed by atoms with E-state index in [-0.39, 0.29) is 5.91 Å². The second kappa shape index (κ2) is 6.22. The summed E-state index contributed by atoms with van der Waals surface area (Å²) in [6, 6.07) is -0.412. The number of halogens is 1. The first-order valence-electron chi connectivity index (χ1n) is 3.70. The largest absolute Gasteiger partial charge is 0.338 e. The van der Waals surface area contributed by atoms with E-state index in [0.29, 0.717) is 16.9 Å². The van der Waals surface area contributed by atoms with Gasteiger partial charge in [0.05, 0.1) is 4.43 Å². The number of alkyl halides is 1. The number of hydrogen-bond donors (Lipinski definition) is 2. The number of urea groups is 1. The Balaban J connectivity index is 3.53. The SMILES string of the molecule is CC(C)CNC(=O)NC(=O)CI. The predicted molar refractivity (Wildman–Crippen MR) is 55.3 cm³/mol. The van der Waals surface area contributed by atoms with Crippen LogP contribution in [0.1, 0.15) is 13.8 Å². The lowest BCUT2D eigenvalue weighted by molar-refractivity contribution is -0.117. The van der Waals surface area contributed by atoms with Crippen molar-refractivity contribution in [3.63, 3.8) is 0 Å². The number of hydrogen-bond acceptors (Lipinski definition) is 2. The maximum absolute atomic E-state index is 10.9. The van der Waals surface area contributed by atoms with Crippen LogP contribution in [0.25, 0.3) is 0 Å². The van der Waals surface area contributed by atoms with Gasteiger partial charge in [0.25, 0.3) is 0 Å². The topological polar surface area (TPSA) is 58.2 Å². The smallest absolute Gasteiger partial charge is 0.321 e. The molecule has 0 aliphatic heterocycles. The minimum absolute atomic E-state index is 0.267. The summed E-state index contributed by atoms with van der Waals surface area (Å²) in [4.78, 5) is 21.6. The molecular formula is C7H13IN2O2. The molecule has 0 saturated carbocycles. The van der Waals surface area contributed by atoms with E-state index in [0.717, 1.165) is 0 Å². The lowest BCUT2D eigenvalue weighted by atomic mass is 10.2. The van der Waals surface area contributed by atoms with Crippen LogP contribution in [0.15, 0.2) is 0 Å². The predicted octanol–water partition coefficient (Wildman–Crippen LogP) is 0.903. The van der Waals surface area contributed by atoms with Crippen LogP contribution in [-0.2, 0) is 4.79 Å². The van der Waals surface area contributed by atoms with E-state index in [1.165, 1.54) is 0 Å². The van der Waals surface area contributed by atoms with E-state index in [1.807, 2.05) is 36.4 Å². The lowest BCUT2D eigenvalue weighted by Gasteiger charge is -2.07. The van der Waals surface area contributed by atoms with E-state index in [2.05, 4.69) is 10.6 Å². The van der Waals surface area contributed by atoms with Crippen LogP contribution in [0, 0.1) is 5.92 Å². The molecule has 0 aliphatic carbocycles. The molecule has 0 heterocycles. The molecule has 0 spiro atoms. The van der Waals surface area contributed by atoms with Crippen LogP contribution in [0.2, 0.25) is 0 Å². The molecule has 0 radical (unpaired) electrons. The Bertz CT molecular complexity index is 171. The van der Waals surface area contributed by atoms with Crippen LogP contribution >= 0.6 is 22.6 Å². The van der Waals surface area contributed by atoms with Crippen molar-refractivity contribution >= 4 is 34.5 Å². The molecule has 12 heavy (non-hydrogen) atoms. The zero-order valence-electron chi connectivity index (χ0n) is 7.19. The minimum Gasteiger partial charge on any atom is -0.338 e. The number of carbonyl (C=O) groups excluding carboxylic acids is 2. The van der Waals surface area contributed by atoms with Crippen molar-refractivity contribution in [2.75, 3.05) is 11.0 Å². The van der Waals surface area contributed by atoms with Gasteiger partial charge in [-0.1, -0.05) is 36.4 Å². The average molecular weight is 284 g/mol. The Labute approximate surface area is 85.6 Å². The Kier molecular flexibility index (Phi) is 6.04. The van der Waals surface area contributed by atoms with Crippen molar-refractivity contribution in [1.82, 2.24) is 10.6 Å². The summed E-state index contributed by atoms with van der Waals surface area (Å²) in [5.74, 6) is 0.127. The summed E-state index contributed by atoms with van der Waals surface area (Å²) in [6.07, 6.45) is 0. The van der Waals surface area contributed by atoms with Crippen molar-refractivity contribution in [2.24, 2.45) is 5.92 Å². The molecule has 2 N–H and O–H groups in total. The first-order chi connectivity index (χ1) is 5.56. The minimum atomic E-state index is -0.412. The van der Waals surface area contributed by atoms with Gasteiger partial charge in [0, 0.05) is 6.54 Å². The van der Waals surface area contributed by atoms with E-state index in [9.17, 15) is 9.59 Å². The third-order valence-electron chi connectivity index (χ3n) is 1.05. The summed E-state index contributed by atoms with van der Waals surface area (Å²) in [6.45, 7) is 4.56. The summed E-state index contributed by atoms with van der Waals surface area (Å²) >= 11 is 1.90. The second-order valence-electron chi connectivity index (χ2n) is 2.79. The number of amides is 3. The quantitative estimate of drug-likeness (QED) is 0.597. The molecule has 0 saturated heterocycles. The van der Waals surface area contributed by atoms with Crippen LogP contribution in [-0.4, -0.2) is 22.9 Å². The Morgan fingerprint density at radius 3 is 2.42 bits per heavy atom. The van der Waals surface area contributed by atoms with Crippen molar-refractivity contribution in [3.8, 4) is 0 Å². The number of nitrogens with one attached hydrogen (secondary N) is 2.